The van der Waals surface area contributed by atoms with Crippen LogP contribution in [0.25, 0.3) is 0 Å². The van der Waals surface area contributed by atoms with Gasteiger partial charge in [-0.05, 0) is 37.1 Å². The first-order chi connectivity index (χ1) is 9.70. The Balaban J connectivity index is 1.98. The fourth-order valence-electron chi connectivity index (χ4n) is 1.89. The van der Waals surface area contributed by atoms with E-state index in [4.69, 9.17) is 4.52 Å². The van der Waals surface area contributed by atoms with Crippen LogP contribution in [0.2, 0.25) is 0 Å². The number of carbonyl (C=O) groups excluding carboxylic acids is 1. The molecule has 0 fully saturated rings. The van der Waals surface area contributed by atoms with Gasteiger partial charge in [0, 0.05) is 23.9 Å². The molecule has 0 bridgehead atoms. The first kappa shape index (κ1) is 14.1. The number of benzene rings is 1. The maximum atomic E-state index is 12.1. The van der Waals surface area contributed by atoms with Crippen LogP contribution in [-0.4, -0.2) is 17.6 Å². The minimum absolute atomic E-state index is 0.104. The maximum absolute atomic E-state index is 12.1. The van der Waals surface area contributed by atoms with Gasteiger partial charge in [0.15, 0.2) is 0 Å². The second kappa shape index (κ2) is 6.75. The Bertz CT molecular complexity index is 565. The lowest BCUT2D eigenvalue weighted by molar-refractivity contribution is 0.0949. The van der Waals surface area contributed by atoms with Crippen molar-refractivity contribution < 1.29 is 9.32 Å². The lowest BCUT2D eigenvalue weighted by Gasteiger charge is -2.10. The van der Waals surface area contributed by atoms with Gasteiger partial charge < -0.3 is 15.2 Å². The van der Waals surface area contributed by atoms with E-state index in [9.17, 15) is 4.79 Å². The van der Waals surface area contributed by atoms with Crippen LogP contribution in [0.15, 0.2) is 35.1 Å². The van der Waals surface area contributed by atoms with Crippen LogP contribution < -0.4 is 10.6 Å². The van der Waals surface area contributed by atoms with Gasteiger partial charge in [0.05, 0.1) is 6.54 Å². The third-order valence-electron chi connectivity index (χ3n) is 2.97. The van der Waals surface area contributed by atoms with Gasteiger partial charge in [-0.25, -0.2) is 0 Å². The van der Waals surface area contributed by atoms with Gasteiger partial charge in [-0.2, -0.15) is 0 Å². The number of hydrogen-bond donors (Lipinski definition) is 2. The Morgan fingerprint density at radius 1 is 1.35 bits per heavy atom. The Kier molecular flexibility index (Phi) is 4.76. The van der Waals surface area contributed by atoms with Gasteiger partial charge >= 0.3 is 0 Å². The molecule has 2 N–H and O–H groups in total. The molecule has 0 spiro atoms. The monoisotopic (exact) mass is 273 g/mol. The van der Waals surface area contributed by atoms with Crippen LogP contribution in [-0.2, 0) is 6.54 Å². The van der Waals surface area contributed by atoms with Crippen LogP contribution in [0.4, 0.5) is 5.69 Å². The van der Waals surface area contributed by atoms with Crippen LogP contribution >= 0.6 is 0 Å². The molecule has 0 saturated carbocycles. The summed E-state index contributed by atoms with van der Waals surface area (Å²) in [6.45, 7) is 5.34. The van der Waals surface area contributed by atoms with Gasteiger partial charge in [-0.3, -0.25) is 4.79 Å². The summed E-state index contributed by atoms with van der Waals surface area (Å²) < 4.78 is 4.72. The molecule has 0 unspecified atom stereocenters. The highest BCUT2D eigenvalue weighted by Gasteiger charge is 2.09. The van der Waals surface area contributed by atoms with E-state index in [1.165, 1.54) is 6.26 Å². The molecule has 0 saturated heterocycles. The molecule has 0 atom stereocenters. The van der Waals surface area contributed by atoms with Gasteiger partial charge in [0.1, 0.15) is 12.0 Å². The first-order valence-corrected chi connectivity index (χ1v) is 6.72. The van der Waals surface area contributed by atoms with Crippen LogP contribution in [0, 0.1) is 6.92 Å². The molecule has 5 nitrogen and oxygen atoms in total. The minimum Gasteiger partial charge on any atom is -0.385 e. The fourth-order valence-corrected chi connectivity index (χ4v) is 1.89. The molecule has 0 aliphatic carbocycles. The highest BCUT2D eigenvalue weighted by Crippen LogP contribution is 2.15. The van der Waals surface area contributed by atoms with E-state index >= 15 is 0 Å². The summed E-state index contributed by atoms with van der Waals surface area (Å²) in [7, 11) is 0. The quantitative estimate of drug-likeness (QED) is 0.849. The highest BCUT2D eigenvalue weighted by atomic mass is 16.5. The first-order valence-electron chi connectivity index (χ1n) is 6.72. The van der Waals surface area contributed by atoms with Crippen molar-refractivity contribution in [3.8, 4) is 0 Å². The van der Waals surface area contributed by atoms with Crippen molar-refractivity contribution in [2.24, 2.45) is 0 Å². The second-order valence-electron chi connectivity index (χ2n) is 4.63. The summed E-state index contributed by atoms with van der Waals surface area (Å²) in [5, 5.41) is 9.88. The van der Waals surface area contributed by atoms with Crippen molar-refractivity contribution in [3.63, 3.8) is 0 Å². The molecule has 106 valence electrons. The predicted molar refractivity (Wildman–Crippen MR) is 77.6 cm³/mol. The van der Waals surface area contributed by atoms with Crippen LogP contribution in [0.3, 0.4) is 0 Å². The van der Waals surface area contributed by atoms with E-state index in [-0.39, 0.29) is 5.91 Å². The van der Waals surface area contributed by atoms with Gasteiger partial charge in [-0.15, -0.1) is 0 Å². The average molecular weight is 273 g/mol. The minimum atomic E-state index is -0.104. The molecule has 2 aromatic rings. The standard InChI is InChI=1S/C15H19N3O2/c1-3-7-16-12-4-5-14(11(2)9-12)15(19)17-10-13-6-8-20-18-13/h4-6,8-9,16H,3,7,10H2,1-2H3,(H,17,19). The summed E-state index contributed by atoms with van der Waals surface area (Å²) in [5.41, 5.74) is 3.37. The molecule has 2 rings (SSSR count). The average Bonchev–Trinajstić information content (AvgIpc) is 2.96. The number of carbonyl (C=O) groups is 1. The smallest absolute Gasteiger partial charge is 0.251 e. The molecule has 1 aromatic heterocycles. The Hall–Kier alpha value is -2.30. The summed E-state index contributed by atoms with van der Waals surface area (Å²) in [6, 6.07) is 7.48. The predicted octanol–water partition coefficient (Wildman–Crippen LogP) is 2.73. The number of hydrogen-bond acceptors (Lipinski definition) is 4. The third-order valence-corrected chi connectivity index (χ3v) is 2.97. The molecule has 5 heteroatoms. The van der Waals surface area contributed by atoms with Crippen molar-refractivity contribution in [2.45, 2.75) is 26.8 Å². The summed E-state index contributed by atoms with van der Waals surface area (Å²) in [4.78, 5) is 12.1. The number of nitrogens with one attached hydrogen (secondary N) is 2. The Morgan fingerprint density at radius 3 is 2.85 bits per heavy atom. The van der Waals surface area contributed by atoms with E-state index in [1.54, 1.807) is 6.07 Å². The molecular formula is C15H19N3O2. The van der Waals surface area contributed by atoms with E-state index < -0.39 is 0 Å². The zero-order valence-electron chi connectivity index (χ0n) is 11.8. The fraction of sp³-hybridized carbons (Fsp3) is 0.333. The molecule has 1 aromatic carbocycles. The van der Waals surface area contributed by atoms with E-state index in [0.29, 0.717) is 17.8 Å². The van der Waals surface area contributed by atoms with E-state index in [0.717, 1.165) is 24.2 Å². The van der Waals surface area contributed by atoms with Crippen molar-refractivity contribution in [2.75, 3.05) is 11.9 Å². The number of anilines is 1. The van der Waals surface area contributed by atoms with E-state index in [2.05, 4.69) is 22.7 Å². The Morgan fingerprint density at radius 2 is 2.20 bits per heavy atom. The molecule has 20 heavy (non-hydrogen) atoms. The maximum Gasteiger partial charge on any atom is 0.251 e. The van der Waals surface area contributed by atoms with Crippen molar-refractivity contribution in [1.29, 1.82) is 0 Å². The number of aryl methyl sites for hydroxylation is 1. The van der Waals surface area contributed by atoms with Crippen LogP contribution in [0.5, 0.6) is 0 Å². The molecule has 0 aliphatic rings. The third kappa shape index (κ3) is 3.60. The molecular weight excluding hydrogens is 254 g/mol. The van der Waals surface area contributed by atoms with Gasteiger partial charge in [0.25, 0.3) is 5.91 Å². The number of amides is 1. The number of aromatic nitrogens is 1. The summed E-state index contributed by atoms with van der Waals surface area (Å²) in [5.74, 6) is -0.104. The molecule has 1 heterocycles. The zero-order chi connectivity index (χ0) is 14.4. The highest BCUT2D eigenvalue weighted by molar-refractivity contribution is 5.96. The second-order valence-corrected chi connectivity index (χ2v) is 4.63. The van der Waals surface area contributed by atoms with Crippen molar-refractivity contribution in [3.05, 3.63) is 47.3 Å². The Labute approximate surface area is 118 Å². The normalized spacial score (nSPS) is 10.3. The SMILES string of the molecule is CCCNc1ccc(C(=O)NCc2ccon2)c(C)c1. The lowest BCUT2D eigenvalue weighted by Crippen LogP contribution is -2.23. The van der Waals surface area contributed by atoms with Gasteiger partial charge in [-0.1, -0.05) is 12.1 Å². The van der Waals surface area contributed by atoms with Crippen molar-refractivity contribution in [1.82, 2.24) is 10.5 Å². The summed E-state index contributed by atoms with van der Waals surface area (Å²) in [6.07, 6.45) is 2.56. The van der Waals surface area contributed by atoms with Gasteiger partial charge in [0.2, 0.25) is 0 Å². The van der Waals surface area contributed by atoms with Crippen LogP contribution in [0.1, 0.15) is 35.0 Å². The lowest BCUT2D eigenvalue weighted by atomic mass is 10.1. The number of rotatable bonds is 6. The largest absolute Gasteiger partial charge is 0.385 e. The van der Waals surface area contributed by atoms with Crippen molar-refractivity contribution >= 4 is 11.6 Å². The molecule has 0 radical (unpaired) electrons. The number of nitrogens with zero attached hydrogens (tertiary/aromatic N) is 1. The molecule has 1 amide bonds. The topological polar surface area (TPSA) is 67.2 Å². The molecule has 0 aliphatic heterocycles. The summed E-state index contributed by atoms with van der Waals surface area (Å²) >= 11 is 0. The zero-order valence-corrected chi connectivity index (χ0v) is 11.8. The van der Waals surface area contributed by atoms with E-state index in [1.807, 2.05) is 25.1 Å².